The second kappa shape index (κ2) is 7.77. The highest BCUT2D eigenvalue weighted by molar-refractivity contribution is 6.31. The molecule has 2 aromatic rings. The fourth-order valence-electron chi connectivity index (χ4n) is 2.04. The van der Waals surface area contributed by atoms with Gasteiger partial charge in [-0.2, -0.15) is 0 Å². The molecule has 0 bridgehead atoms. The van der Waals surface area contributed by atoms with E-state index < -0.39 is 0 Å². The minimum atomic E-state index is -0.140. The topological polar surface area (TPSA) is 54.5 Å². The van der Waals surface area contributed by atoms with Crippen LogP contribution in [0.15, 0.2) is 42.6 Å². The highest BCUT2D eigenvalue weighted by Crippen LogP contribution is 2.27. The van der Waals surface area contributed by atoms with Gasteiger partial charge in [-0.25, -0.2) is 0 Å². The molecule has 116 valence electrons. The maximum atomic E-state index is 12.1. The van der Waals surface area contributed by atoms with Gasteiger partial charge in [0.2, 0.25) is 5.91 Å². The normalized spacial score (nSPS) is 10.5. The minimum absolute atomic E-state index is 0.140. The smallest absolute Gasteiger partial charge is 0.238 e. The van der Waals surface area contributed by atoms with Crippen molar-refractivity contribution in [2.75, 3.05) is 26.0 Å². The van der Waals surface area contributed by atoms with E-state index in [4.69, 9.17) is 16.3 Å². The van der Waals surface area contributed by atoms with E-state index in [0.717, 1.165) is 5.69 Å². The third-order valence-corrected chi connectivity index (χ3v) is 3.24. The molecule has 0 aliphatic heterocycles. The quantitative estimate of drug-likeness (QED) is 0.889. The van der Waals surface area contributed by atoms with Gasteiger partial charge >= 0.3 is 0 Å². The number of likely N-dealkylation sites (N-methyl/N-ethyl adjacent to an activating group) is 1. The Morgan fingerprint density at radius 1 is 1.36 bits per heavy atom. The summed E-state index contributed by atoms with van der Waals surface area (Å²) in [5, 5.41) is 3.35. The van der Waals surface area contributed by atoms with Crippen molar-refractivity contribution in [2.24, 2.45) is 0 Å². The van der Waals surface area contributed by atoms with Gasteiger partial charge in [-0.3, -0.25) is 14.7 Å². The van der Waals surface area contributed by atoms with Gasteiger partial charge in [0.25, 0.3) is 0 Å². The van der Waals surface area contributed by atoms with Crippen LogP contribution >= 0.6 is 11.6 Å². The number of aromatic nitrogens is 1. The summed E-state index contributed by atoms with van der Waals surface area (Å²) in [6.07, 6.45) is 1.74. The Morgan fingerprint density at radius 3 is 2.86 bits per heavy atom. The Kier molecular flexibility index (Phi) is 5.75. The molecule has 6 heteroatoms. The van der Waals surface area contributed by atoms with Gasteiger partial charge in [-0.15, -0.1) is 0 Å². The first kappa shape index (κ1) is 16.3. The Hall–Kier alpha value is -2.11. The molecule has 0 saturated heterocycles. The van der Waals surface area contributed by atoms with Crippen LogP contribution in [0.1, 0.15) is 5.69 Å². The molecule has 22 heavy (non-hydrogen) atoms. The number of methoxy groups -OCH3 is 1. The molecule has 1 N–H and O–H groups in total. The van der Waals surface area contributed by atoms with E-state index in [0.29, 0.717) is 23.0 Å². The fourth-order valence-corrected chi connectivity index (χ4v) is 2.21. The van der Waals surface area contributed by atoms with Crippen molar-refractivity contribution in [3.8, 4) is 5.75 Å². The molecule has 0 unspecified atom stereocenters. The van der Waals surface area contributed by atoms with E-state index in [9.17, 15) is 4.79 Å². The standard InChI is InChI=1S/C16H18ClN3O2/c1-20(10-13-5-3-4-8-18-13)11-16(21)19-14-9-12(17)6-7-15(14)22-2/h3-9H,10-11H2,1-2H3,(H,19,21). The summed E-state index contributed by atoms with van der Waals surface area (Å²) in [7, 11) is 3.41. The number of nitrogens with one attached hydrogen (secondary N) is 1. The van der Waals surface area contributed by atoms with Gasteiger partial charge in [0.1, 0.15) is 5.75 Å². The summed E-state index contributed by atoms with van der Waals surface area (Å²) >= 11 is 5.94. The number of ether oxygens (including phenoxy) is 1. The summed E-state index contributed by atoms with van der Waals surface area (Å²) in [5.41, 5.74) is 1.48. The predicted molar refractivity (Wildman–Crippen MR) is 87.2 cm³/mol. The van der Waals surface area contributed by atoms with Crippen molar-refractivity contribution < 1.29 is 9.53 Å². The zero-order valence-corrected chi connectivity index (χ0v) is 13.3. The van der Waals surface area contributed by atoms with Gasteiger partial charge in [0.15, 0.2) is 0 Å². The summed E-state index contributed by atoms with van der Waals surface area (Å²) in [5.74, 6) is 0.434. The number of anilines is 1. The molecule has 1 aromatic carbocycles. The number of hydrogen-bond acceptors (Lipinski definition) is 4. The maximum Gasteiger partial charge on any atom is 0.238 e. The third kappa shape index (κ3) is 4.72. The molecule has 1 amide bonds. The Labute approximate surface area is 134 Å². The molecule has 0 aliphatic rings. The number of nitrogens with zero attached hydrogens (tertiary/aromatic N) is 2. The Balaban J connectivity index is 1.94. The second-order valence-corrected chi connectivity index (χ2v) is 5.32. The SMILES string of the molecule is COc1ccc(Cl)cc1NC(=O)CN(C)Cc1ccccn1. The van der Waals surface area contributed by atoms with Crippen molar-refractivity contribution >= 4 is 23.2 Å². The van der Waals surface area contributed by atoms with E-state index in [2.05, 4.69) is 10.3 Å². The van der Waals surface area contributed by atoms with Crippen LogP contribution in [0.2, 0.25) is 5.02 Å². The first-order chi connectivity index (χ1) is 10.6. The van der Waals surface area contributed by atoms with Crippen LogP contribution in [0.5, 0.6) is 5.75 Å². The van der Waals surface area contributed by atoms with Crippen LogP contribution in [0.25, 0.3) is 0 Å². The first-order valence-corrected chi connectivity index (χ1v) is 7.18. The molecule has 0 saturated carbocycles. The second-order valence-electron chi connectivity index (χ2n) is 4.89. The molecular weight excluding hydrogens is 302 g/mol. The number of halogens is 1. The van der Waals surface area contributed by atoms with Crippen LogP contribution in [0.4, 0.5) is 5.69 Å². The molecule has 2 rings (SSSR count). The zero-order chi connectivity index (χ0) is 15.9. The monoisotopic (exact) mass is 319 g/mol. The number of pyridine rings is 1. The first-order valence-electron chi connectivity index (χ1n) is 6.80. The molecular formula is C16H18ClN3O2. The number of carbonyl (C=O) groups excluding carboxylic acids is 1. The lowest BCUT2D eigenvalue weighted by Crippen LogP contribution is -2.30. The fraction of sp³-hybridized carbons (Fsp3) is 0.250. The van der Waals surface area contributed by atoms with Gasteiger partial charge in [-0.05, 0) is 37.4 Å². The summed E-state index contributed by atoms with van der Waals surface area (Å²) in [4.78, 5) is 18.2. The van der Waals surface area contributed by atoms with E-state index in [1.807, 2.05) is 30.1 Å². The number of carbonyl (C=O) groups is 1. The van der Waals surface area contributed by atoms with Crippen molar-refractivity contribution in [3.05, 3.63) is 53.3 Å². The Bertz CT molecular complexity index is 635. The number of benzene rings is 1. The molecule has 1 aromatic heterocycles. The van der Waals surface area contributed by atoms with Crippen molar-refractivity contribution in [1.82, 2.24) is 9.88 Å². The molecule has 0 spiro atoms. The minimum Gasteiger partial charge on any atom is -0.495 e. The number of hydrogen-bond donors (Lipinski definition) is 1. The number of amides is 1. The van der Waals surface area contributed by atoms with Gasteiger partial charge in [0, 0.05) is 17.8 Å². The Morgan fingerprint density at radius 2 is 2.18 bits per heavy atom. The van der Waals surface area contributed by atoms with Crippen molar-refractivity contribution in [2.45, 2.75) is 6.54 Å². The average Bonchev–Trinajstić information content (AvgIpc) is 2.48. The zero-order valence-electron chi connectivity index (χ0n) is 12.5. The maximum absolute atomic E-state index is 12.1. The molecule has 0 fully saturated rings. The lowest BCUT2D eigenvalue weighted by atomic mass is 10.3. The highest BCUT2D eigenvalue weighted by Gasteiger charge is 2.11. The highest BCUT2D eigenvalue weighted by atomic mass is 35.5. The van der Waals surface area contributed by atoms with E-state index in [1.165, 1.54) is 0 Å². The molecule has 1 heterocycles. The number of rotatable bonds is 6. The van der Waals surface area contributed by atoms with Crippen molar-refractivity contribution in [1.29, 1.82) is 0 Å². The predicted octanol–water partition coefficient (Wildman–Crippen LogP) is 2.81. The largest absolute Gasteiger partial charge is 0.495 e. The average molecular weight is 320 g/mol. The van der Waals surface area contributed by atoms with E-state index in [-0.39, 0.29) is 12.5 Å². The lowest BCUT2D eigenvalue weighted by molar-refractivity contribution is -0.117. The summed E-state index contributed by atoms with van der Waals surface area (Å²) < 4.78 is 5.20. The van der Waals surface area contributed by atoms with Crippen LogP contribution in [-0.4, -0.2) is 36.5 Å². The summed E-state index contributed by atoms with van der Waals surface area (Å²) in [6.45, 7) is 0.840. The van der Waals surface area contributed by atoms with Crippen LogP contribution in [-0.2, 0) is 11.3 Å². The van der Waals surface area contributed by atoms with Crippen LogP contribution < -0.4 is 10.1 Å². The van der Waals surface area contributed by atoms with Crippen LogP contribution in [0, 0.1) is 0 Å². The third-order valence-electron chi connectivity index (χ3n) is 3.01. The summed E-state index contributed by atoms with van der Waals surface area (Å²) in [6, 6.07) is 10.8. The van der Waals surface area contributed by atoms with Gasteiger partial charge < -0.3 is 10.1 Å². The lowest BCUT2D eigenvalue weighted by Gasteiger charge is -2.16. The molecule has 0 aliphatic carbocycles. The van der Waals surface area contributed by atoms with Crippen molar-refractivity contribution in [3.63, 3.8) is 0 Å². The molecule has 0 atom stereocenters. The van der Waals surface area contributed by atoms with Gasteiger partial charge in [0.05, 0.1) is 25.0 Å². The molecule has 5 nitrogen and oxygen atoms in total. The van der Waals surface area contributed by atoms with E-state index in [1.54, 1.807) is 31.5 Å². The van der Waals surface area contributed by atoms with Crippen LogP contribution in [0.3, 0.4) is 0 Å². The molecule has 0 radical (unpaired) electrons. The van der Waals surface area contributed by atoms with E-state index >= 15 is 0 Å². The van der Waals surface area contributed by atoms with Gasteiger partial charge in [-0.1, -0.05) is 17.7 Å².